The Labute approximate surface area is 154 Å². The molecule has 1 aliphatic rings. The number of carbonyl (C=O) groups is 2. The van der Waals surface area contributed by atoms with Crippen molar-refractivity contribution in [1.29, 1.82) is 0 Å². The van der Waals surface area contributed by atoms with Gasteiger partial charge in [0.2, 0.25) is 5.91 Å². The molecular formula is C19H20FN3O4. The lowest BCUT2D eigenvalue weighted by Gasteiger charge is -2.26. The number of rotatable bonds is 5. The lowest BCUT2D eigenvalue weighted by molar-refractivity contribution is -0.121. The fourth-order valence-corrected chi connectivity index (χ4v) is 3.32. The van der Waals surface area contributed by atoms with E-state index in [0.717, 1.165) is 6.42 Å². The summed E-state index contributed by atoms with van der Waals surface area (Å²) in [6.45, 7) is 0. The van der Waals surface area contributed by atoms with Crippen LogP contribution in [0.2, 0.25) is 0 Å². The second-order valence-electron chi connectivity index (χ2n) is 6.47. The van der Waals surface area contributed by atoms with Gasteiger partial charge in [-0.25, -0.2) is 4.39 Å². The summed E-state index contributed by atoms with van der Waals surface area (Å²) in [6, 6.07) is 5.46. The molecular weight excluding hydrogens is 353 g/mol. The van der Waals surface area contributed by atoms with Crippen LogP contribution in [0.3, 0.4) is 0 Å². The van der Waals surface area contributed by atoms with Crippen LogP contribution >= 0.6 is 0 Å². The van der Waals surface area contributed by atoms with Gasteiger partial charge in [-0.2, -0.15) is 0 Å². The monoisotopic (exact) mass is 373 g/mol. The summed E-state index contributed by atoms with van der Waals surface area (Å²) in [5.74, 6) is -1.52. The fourth-order valence-electron chi connectivity index (χ4n) is 3.32. The van der Waals surface area contributed by atoms with E-state index in [1.165, 1.54) is 25.3 Å². The minimum Gasteiger partial charge on any atom is -0.494 e. The van der Waals surface area contributed by atoms with Crippen molar-refractivity contribution in [2.75, 3.05) is 7.11 Å². The summed E-state index contributed by atoms with van der Waals surface area (Å²) in [5.41, 5.74) is 6.47. The van der Waals surface area contributed by atoms with Crippen molar-refractivity contribution in [2.45, 2.75) is 31.7 Å². The van der Waals surface area contributed by atoms with Crippen molar-refractivity contribution in [3.05, 3.63) is 62.8 Å². The molecule has 1 aromatic carbocycles. The molecule has 1 aliphatic carbocycles. The standard InChI is InChI=1S/C19H20FN3O4/c1-27-16-6-5-10(7-13(16)20)8-17(24)22-14-3-2-4-15-11(14)9-12(18(21)25)19(26)23-15/h5-7,9,14H,2-4,8H2,1H3,(H2,21,25)(H,22,24)(H,23,26). The second-order valence-corrected chi connectivity index (χ2v) is 6.47. The highest BCUT2D eigenvalue weighted by Gasteiger charge is 2.25. The summed E-state index contributed by atoms with van der Waals surface area (Å²) in [6.07, 6.45) is 2.10. The maximum absolute atomic E-state index is 13.8. The molecule has 1 aromatic heterocycles. The smallest absolute Gasteiger partial charge is 0.261 e. The molecule has 1 atom stereocenters. The first-order valence-corrected chi connectivity index (χ1v) is 8.56. The van der Waals surface area contributed by atoms with Crippen molar-refractivity contribution >= 4 is 11.8 Å². The molecule has 8 heteroatoms. The molecule has 7 nitrogen and oxygen atoms in total. The number of pyridine rings is 1. The van der Waals surface area contributed by atoms with Crippen LogP contribution < -0.4 is 21.3 Å². The first-order chi connectivity index (χ1) is 12.9. The zero-order valence-electron chi connectivity index (χ0n) is 14.8. The van der Waals surface area contributed by atoms with Gasteiger partial charge in [0.25, 0.3) is 11.5 Å². The van der Waals surface area contributed by atoms with Gasteiger partial charge in [0.1, 0.15) is 5.56 Å². The predicted octanol–water partition coefficient (Wildman–Crippen LogP) is 1.36. The number of benzene rings is 1. The number of halogens is 1. The molecule has 2 aromatic rings. The van der Waals surface area contributed by atoms with E-state index < -0.39 is 17.3 Å². The number of fused-ring (bicyclic) bond motifs is 1. The van der Waals surface area contributed by atoms with Gasteiger partial charge in [0.05, 0.1) is 19.6 Å². The third-order valence-corrected chi connectivity index (χ3v) is 4.63. The molecule has 3 rings (SSSR count). The minimum atomic E-state index is -0.816. The molecule has 0 saturated carbocycles. The molecule has 2 amide bonds. The van der Waals surface area contributed by atoms with E-state index in [0.29, 0.717) is 29.7 Å². The van der Waals surface area contributed by atoms with Crippen LogP contribution in [-0.2, 0) is 17.6 Å². The van der Waals surface area contributed by atoms with Crippen LogP contribution in [0.4, 0.5) is 4.39 Å². The van der Waals surface area contributed by atoms with Gasteiger partial charge in [0.15, 0.2) is 11.6 Å². The van der Waals surface area contributed by atoms with E-state index in [1.54, 1.807) is 6.07 Å². The number of amides is 2. The Hall–Kier alpha value is -3.16. The van der Waals surface area contributed by atoms with Gasteiger partial charge in [-0.15, -0.1) is 0 Å². The summed E-state index contributed by atoms with van der Waals surface area (Å²) in [4.78, 5) is 38.4. The largest absolute Gasteiger partial charge is 0.494 e. The number of aromatic amines is 1. The summed E-state index contributed by atoms with van der Waals surface area (Å²) < 4.78 is 18.6. The highest BCUT2D eigenvalue weighted by Crippen LogP contribution is 2.28. The van der Waals surface area contributed by atoms with Gasteiger partial charge in [-0.3, -0.25) is 14.4 Å². The van der Waals surface area contributed by atoms with Crippen LogP contribution in [0.25, 0.3) is 0 Å². The van der Waals surface area contributed by atoms with Gasteiger partial charge < -0.3 is 20.8 Å². The quantitative estimate of drug-likeness (QED) is 0.734. The maximum atomic E-state index is 13.8. The lowest BCUT2D eigenvalue weighted by atomic mass is 9.90. The first-order valence-electron chi connectivity index (χ1n) is 8.56. The number of methoxy groups -OCH3 is 1. The van der Waals surface area contributed by atoms with Crippen molar-refractivity contribution in [3.63, 3.8) is 0 Å². The third kappa shape index (κ3) is 3.99. The molecule has 0 spiro atoms. The topological polar surface area (TPSA) is 114 Å². The van der Waals surface area contributed by atoms with Gasteiger partial charge >= 0.3 is 0 Å². The lowest BCUT2D eigenvalue weighted by Crippen LogP contribution is -2.34. The number of nitrogens with two attached hydrogens (primary N) is 1. The fraction of sp³-hybridized carbons (Fsp3) is 0.316. The second kappa shape index (κ2) is 7.61. The molecule has 0 saturated heterocycles. The van der Waals surface area contributed by atoms with Crippen LogP contribution in [0.5, 0.6) is 5.75 Å². The molecule has 0 radical (unpaired) electrons. The number of hydrogen-bond donors (Lipinski definition) is 3. The molecule has 0 fully saturated rings. The van der Waals surface area contributed by atoms with Gasteiger partial charge in [0, 0.05) is 5.69 Å². The number of primary amides is 1. The molecule has 0 bridgehead atoms. The molecule has 142 valence electrons. The number of H-pyrrole nitrogens is 1. The molecule has 4 N–H and O–H groups in total. The predicted molar refractivity (Wildman–Crippen MR) is 96.1 cm³/mol. The van der Waals surface area contributed by atoms with Gasteiger partial charge in [-0.1, -0.05) is 6.07 Å². The van der Waals surface area contributed by atoms with E-state index in [9.17, 15) is 18.8 Å². The maximum Gasteiger partial charge on any atom is 0.261 e. The number of nitrogens with one attached hydrogen (secondary N) is 2. The van der Waals surface area contributed by atoms with E-state index in [-0.39, 0.29) is 29.7 Å². The van der Waals surface area contributed by atoms with E-state index in [1.807, 2.05) is 0 Å². The molecule has 27 heavy (non-hydrogen) atoms. The number of aryl methyl sites for hydroxylation is 1. The SMILES string of the molecule is COc1ccc(CC(=O)NC2CCCc3[nH]c(=O)c(C(N)=O)cc32)cc1F. The van der Waals surface area contributed by atoms with Crippen LogP contribution in [0.1, 0.15) is 46.1 Å². The molecule has 1 unspecified atom stereocenters. The van der Waals surface area contributed by atoms with Crippen LogP contribution in [-0.4, -0.2) is 23.9 Å². The molecule has 1 heterocycles. The normalized spacial score (nSPS) is 15.7. The number of hydrogen-bond acceptors (Lipinski definition) is 4. The minimum absolute atomic E-state index is 0.00121. The average Bonchev–Trinajstić information content (AvgIpc) is 2.61. The number of aromatic nitrogens is 1. The van der Waals surface area contributed by atoms with Crippen LogP contribution in [0, 0.1) is 5.82 Å². The van der Waals surface area contributed by atoms with Crippen LogP contribution in [0.15, 0.2) is 29.1 Å². The first kappa shape index (κ1) is 18.6. The Morgan fingerprint density at radius 3 is 2.81 bits per heavy atom. The highest BCUT2D eigenvalue weighted by molar-refractivity contribution is 5.92. The van der Waals surface area contributed by atoms with E-state index >= 15 is 0 Å². The Morgan fingerprint density at radius 2 is 2.15 bits per heavy atom. The van der Waals surface area contributed by atoms with Crippen molar-refractivity contribution < 1.29 is 18.7 Å². The summed E-state index contributed by atoms with van der Waals surface area (Å²) in [5, 5.41) is 2.89. The van der Waals surface area contributed by atoms with E-state index in [4.69, 9.17) is 10.5 Å². The highest BCUT2D eigenvalue weighted by atomic mass is 19.1. The number of ether oxygens (including phenoxy) is 1. The van der Waals surface area contributed by atoms with Crippen molar-refractivity contribution in [3.8, 4) is 5.75 Å². The summed E-state index contributed by atoms with van der Waals surface area (Å²) in [7, 11) is 1.37. The Bertz CT molecular complexity index is 954. The van der Waals surface area contributed by atoms with Crippen molar-refractivity contribution in [2.24, 2.45) is 5.73 Å². The third-order valence-electron chi connectivity index (χ3n) is 4.63. The Morgan fingerprint density at radius 1 is 1.37 bits per heavy atom. The van der Waals surface area contributed by atoms with Gasteiger partial charge in [-0.05, 0) is 48.6 Å². The Balaban J connectivity index is 1.78. The average molecular weight is 373 g/mol. The number of carbonyl (C=O) groups excluding carboxylic acids is 2. The van der Waals surface area contributed by atoms with Crippen molar-refractivity contribution in [1.82, 2.24) is 10.3 Å². The summed E-state index contributed by atoms with van der Waals surface area (Å²) >= 11 is 0. The Kier molecular flexibility index (Phi) is 5.25. The molecule has 0 aliphatic heterocycles. The van der Waals surface area contributed by atoms with E-state index in [2.05, 4.69) is 10.3 Å². The zero-order valence-corrected chi connectivity index (χ0v) is 14.8. The zero-order chi connectivity index (χ0) is 19.6.